The van der Waals surface area contributed by atoms with Crippen LogP contribution in [0.1, 0.15) is 86.3 Å². The van der Waals surface area contributed by atoms with Crippen LogP contribution in [0.3, 0.4) is 0 Å². The molecule has 4 fully saturated rings. The molecule has 0 spiro atoms. The zero-order valence-corrected chi connectivity index (χ0v) is 54.5. The van der Waals surface area contributed by atoms with E-state index in [1.54, 1.807) is 0 Å². The Kier molecular flexibility index (Phi) is 19.2. The van der Waals surface area contributed by atoms with Gasteiger partial charge in [0.05, 0.1) is 37.7 Å². The van der Waals surface area contributed by atoms with Crippen molar-refractivity contribution in [2.75, 3.05) is 102 Å². The summed E-state index contributed by atoms with van der Waals surface area (Å²) < 4.78 is 14.2. The van der Waals surface area contributed by atoms with Gasteiger partial charge in [-0.1, -0.05) is 108 Å². The molecule has 0 saturated carbocycles. The van der Waals surface area contributed by atoms with Gasteiger partial charge in [0, 0.05) is 157 Å². The van der Waals surface area contributed by atoms with Crippen LogP contribution < -0.4 is 43.0 Å². The number of rotatable bonds is 18. The minimum Gasteiger partial charge on any atom is -0.367 e. The average Bonchev–Trinajstić information content (AvgIpc) is 1.82. The van der Waals surface area contributed by atoms with Gasteiger partial charge in [0.25, 0.3) is 11.1 Å². The molecule has 20 nitrogen and oxygen atoms in total. The van der Waals surface area contributed by atoms with Crippen molar-refractivity contribution in [3.8, 4) is 0 Å². The lowest BCUT2D eigenvalue weighted by Gasteiger charge is -2.46. The number of nitrogens with zero attached hydrogens (tertiary/aromatic N) is 6. The van der Waals surface area contributed by atoms with E-state index >= 15 is 0 Å². The number of fused-ring (bicyclic) bond motifs is 2. The SMILES string of the molecule is C[C@@H]1CN(CC(=O)N2CC(C)(C)c3[nH]c(=O)c(Cc4ccc(Br)cc4)cc32)[C@@H](CN2CCOC(C(N)=O)C2Cc2ccc(CC3C(C(N)=O)OCCN3C[C@H]3CN[C@H](C)CN3CC(=O)N3CC(C)(C)c4[nH]c(=O)c(Cc5ccc(Br)cc5)cc43)cc2)CN1. The van der Waals surface area contributed by atoms with Gasteiger partial charge in [0.15, 0.2) is 12.2 Å². The van der Waals surface area contributed by atoms with Crippen LogP contribution in [0.2, 0.25) is 0 Å². The number of aromatic amines is 2. The molecular weight excluding hydrogens is 1250 g/mol. The number of halogens is 2. The standard InChI is InChI=1S/C66H84Br2N12O8/c1-39-31-77(35-55(81)79-37-65(3,4)59-53(79)27-45(63(85)73-59)23-41-11-15-47(67)16-12-41)49(29-71-39)33-75-19-21-87-57(61(69)83)51(75)25-43-7-9-44(10-8-43)26-52-58(62(70)84)88-22-20-76(52)34-50-30-72-40(2)32-78(50)36-56(82)80-38-66(5,6)60-54(80)28-46(64(86)74-60)24-42-13-17-48(68)18-14-42/h7-18,27-28,39-40,49-52,57-58,71-72H,19-26,29-38H2,1-6H3,(H2,69,83)(H2,70,84)(H,73,85)(H,74,86)/t39-,40-,49-,50-,51?,52?,57?,58?/m1/s1. The summed E-state index contributed by atoms with van der Waals surface area (Å²) in [6.45, 7) is 19.1. The number of aromatic nitrogens is 2. The monoisotopic (exact) mass is 1330 g/mol. The summed E-state index contributed by atoms with van der Waals surface area (Å²) >= 11 is 7.00. The van der Waals surface area contributed by atoms with Crippen molar-refractivity contribution in [1.29, 1.82) is 0 Å². The Hall–Kier alpha value is -5.92. The summed E-state index contributed by atoms with van der Waals surface area (Å²) in [5.41, 5.74) is 19.1. The third-order valence-electron chi connectivity index (χ3n) is 18.9. The van der Waals surface area contributed by atoms with Gasteiger partial charge in [-0.3, -0.25) is 48.4 Å². The van der Waals surface area contributed by atoms with E-state index in [9.17, 15) is 28.8 Å². The number of hydrogen-bond donors (Lipinski definition) is 6. The van der Waals surface area contributed by atoms with Crippen LogP contribution in [0.25, 0.3) is 0 Å². The van der Waals surface area contributed by atoms with Crippen molar-refractivity contribution in [3.05, 3.63) is 159 Å². The molecule has 6 aliphatic heterocycles. The lowest BCUT2D eigenvalue weighted by molar-refractivity contribution is -0.143. The number of primary amides is 2. The molecule has 6 aliphatic rings. The van der Waals surface area contributed by atoms with Crippen molar-refractivity contribution in [2.45, 2.75) is 127 Å². The summed E-state index contributed by atoms with van der Waals surface area (Å²) in [6.07, 6.45) is 0.0815. The number of ether oxygens (including phenoxy) is 2. The molecule has 0 radical (unpaired) electrons. The third-order valence-corrected chi connectivity index (χ3v) is 20.0. The van der Waals surface area contributed by atoms with Crippen molar-refractivity contribution < 1.29 is 28.7 Å². The van der Waals surface area contributed by atoms with E-state index < -0.39 is 34.9 Å². The van der Waals surface area contributed by atoms with Crippen LogP contribution in [-0.4, -0.2) is 193 Å². The van der Waals surface area contributed by atoms with Crippen LogP contribution in [-0.2, 0) is 65.2 Å². The molecule has 8 atom stereocenters. The van der Waals surface area contributed by atoms with E-state index in [0.717, 1.165) is 54.0 Å². The first kappa shape index (κ1) is 63.6. The lowest BCUT2D eigenvalue weighted by Crippen LogP contribution is -2.64. The fourth-order valence-electron chi connectivity index (χ4n) is 14.2. The van der Waals surface area contributed by atoms with Gasteiger partial charge < -0.3 is 51.3 Å². The fraction of sp³-hybridized carbons (Fsp3) is 0.515. The van der Waals surface area contributed by atoms with Crippen molar-refractivity contribution >= 4 is 66.9 Å². The second-order valence-electron chi connectivity index (χ2n) is 26.6. The van der Waals surface area contributed by atoms with Gasteiger partial charge in [0.1, 0.15) is 0 Å². The van der Waals surface area contributed by atoms with Crippen LogP contribution in [0.4, 0.5) is 11.4 Å². The molecule has 0 aliphatic carbocycles. The maximum absolute atomic E-state index is 14.7. The van der Waals surface area contributed by atoms with Gasteiger partial charge in [-0.05, 0) is 85.3 Å². The number of anilines is 2. The van der Waals surface area contributed by atoms with E-state index in [4.69, 9.17) is 20.9 Å². The number of nitrogens with two attached hydrogens (primary N) is 2. The van der Waals surface area contributed by atoms with Gasteiger partial charge in [-0.25, -0.2) is 0 Å². The Balaban J connectivity index is 0.762. The summed E-state index contributed by atoms with van der Waals surface area (Å²) in [4.78, 5) is 102. The summed E-state index contributed by atoms with van der Waals surface area (Å²) in [6, 6.07) is 27.1. The summed E-state index contributed by atoms with van der Waals surface area (Å²) in [5.74, 6) is -1.16. The Morgan fingerprint density at radius 1 is 0.557 bits per heavy atom. The third kappa shape index (κ3) is 14.2. The normalized spacial score (nSPS) is 25.8. The second kappa shape index (κ2) is 26.5. The number of morpholine rings is 2. The Bertz CT molecular complexity index is 3280. The predicted molar refractivity (Wildman–Crippen MR) is 347 cm³/mol. The molecule has 4 unspecified atom stereocenters. The molecule has 3 aromatic carbocycles. The molecule has 88 heavy (non-hydrogen) atoms. The topological polar surface area (TPSA) is 248 Å². The Morgan fingerprint density at radius 3 is 1.28 bits per heavy atom. The summed E-state index contributed by atoms with van der Waals surface area (Å²) in [5, 5.41) is 7.29. The number of hydrogen-bond acceptors (Lipinski definition) is 14. The van der Waals surface area contributed by atoms with E-state index in [1.807, 2.05) is 70.5 Å². The van der Waals surface area contributed by atoms with E-state index in [0.29, 0.717) is 115 Å². The number of carbonyl (C=O) groups excluding carboxylic acids is 4. The molecule has 0 bridgehead atoms. The van der Waals surface area contributed by atoms with Gasteiger partial charge in [-0.15, -0.1) is 0 Å². The highest BCUT2D eigenvalue weighted by Gasteiger charge is 2.45. The first-order valence-corrected chi connectivity index (χ1v) is 32.5. The number of H-pyrrole nitrogens is 2. The molecule has 4 saturated heterocycles. The molecule has 2 aromatic heterocycles. The Labute approximate surface area is 531 Å². The maximum atomic E-state index is 14.7. The minimum absolute atomic E-state index is 0.0434. The average molecular weight is 1330 g/mol. The van der Waals surface area contributed by atoms with E-state index in [1.165, 1.54) is 0 Å². The number of carbonyl (C=O) groups is 4. The van der Waals surface area contributed by atoms with Gasteiger partial charge >= 0.3 is 0 Å². The lowest BCUT2D eigenvalue weighted by atomic mass is 9.91. The zero-order valence-electron chi connectivity index (χ0n) is 51.3. The molecule has 11 rings (SSSR count). The highest BCUT2D eigenvalue weighted by Crippen LogP contribution is 2.41. The zero-order chi connectivity index (χ0) is 62.3. The number of nitrogens with one attached hydrogen (secondary N) is 4. The predicted octanol–water partition coefficient (Wildman–Crippen LogP) is 3.94. The minimum atomic E-state index is -0.864. The van der Waals surface area contributed by atoms with E-state index in [-0.39, 0.29) is 72.3 Å². The molecule has 22 heteroatoms. The number of amides is 4. The van der Waals surface area contributed by atoms with E-state index in [2.05, 4.69) is 138 Å². The highest BCUT2D eigenvalue weighted by molar-refractivity contribution is 9.10. The van der Waals surface area contributed by atoms with Crippen LogP contribution in [0.15, 0.2) is 103 Å². The largest absolute Gasteiger partial charge is 0.367 e. The Morgan fingerprint density at radius 2 is 0.920 bits per heavy atom. The summed E-state index contributed by atoms with van der Waals surface area (Å²) in [7, 11) is 0. The quantitative estimate of drug-likeness (QED) is 0.0728. The van der Waals surface area contributed by atoms with Crippen molar-refractivity contribution in [1.82, 2.24) is 40.2 Å². The maximum Gasteiger partial charge on any atom is 0.251 e. The molecule has 470 valence electrons. The van der Waals surface area contributed by atoms with Crippen molar-refractivity contribution in [3.63, 3.8) is 0 Å². The van der Waals surface area contributed by atoms with Crippen LogP contribution in [0, 0.1) is 0 Å². The van der Waals surface area contributed by atoms with Gasteiger partial charge in [-0.2, -0.15) is 0 Å². The molecule has 5 aromatic rings. The first-order valence-electron chi connectivity index (χ1n) is 30.9. The number of pyridine rings is 2. The fourth-order valence-corrected chi connectivity index (χ4v) is 14.7. The van der Waals surface area contributed by atoms with Crippen molar-refractivity contribution in [2.24, 2.45) is 11.5 Å². The molecule has 8 N–H and O–H groups in total. The van der Waals surface area contributed by atoms with Crippen LogP contribution in [0.5, 0.6) is 0 Å². The van der Waals surface area contributed by atoms with Crippen LogP contribution >= 0.6 is 31.9 Å². The highest BCUT2D eigenvalue weighted by atomic mass is 79.9. The molecular formula is C66H84Br2N12O8. The number of benzene rings is 3. The van der Waals surface area contributed by atoms with Gasteiger partial charge in [0.2, 0.25) is 23.6 Å². The molecule has 4 amide bonds. The second-order valence-corrected chi connectivity index (χ2v) is 28.5. The smallest absolute Gasteiger partial charge is 0.251 e. The number of piperazine rings is 2. The first-order chi connectivity index (χ1) is 42.0. The molecule has 8 heterocycles.